The van der Waals surface area contributed by atoms with Crippen LogP contribution in [0.5, 0.6) is 0 Å². The standard InChI is InChI=1S/C15H23N3O/c1-11-4-3-5-13(8-11)17-15(19)10-18-7-6-12(2)14(18)9-16/h3-5,8,12,14H,6-7,9-10,16H2,1-2H3,(H,17,19). The molecule has 0 bridgehead atoms. The Hall–Kier alpha value is -1.39. The smallest absolute Gasteiger partial charge is 0.238 e. The van der Waals surface area contributed by atoms with E-state index in [1.165, 1.54) is 0 Å². The molecule has 2 atom stereocenters. The van der Waals surface area contributed by atoms with Crippen molar-refractivity contribution in [1.82, 2.24) is 4.90 Å². The summed E-state index contributed by atoms with van der Waals surface area (Å²) in [6, 6.07) is 8.19. The van der Waals surface area contributed by atoms with Gasteiger partial charge in [0.2, 0.25) is 5.91 Å². The third-order valence-electron chi connectivity index (χ3n) is 3.89. The normalized spacial score (nSPS) is 23.5. The van der Waals surface area contributed by atoms with Crippen LogP contribution in [0.15, 0.2) is 24.3 Å². The molecule has 1 amide bonds. The van der Waals surface area contributed by atoms with Crippen LogP contribution in [0.1, 0.15) is 18.9 Å². The molecule has 1 aromatic carbocycles. The summed E-state index contributed by atoms with van der Waals surface area (Å²) in [4.78, 5) is 14.2. The van der Waals surface area contributed by atoms with Gasteiger partial charge in [-0.15, -0.1) is 0 Å². The van der Waals surface area contributed by atoms with E-state index < -0.39 is 0 Å². The van der Waals surface area contributed by atoms with E-state index in [0.29, 0.717) is 25.0 Å². The predicted molar refractivity (Wildman–Crippen MR) is 78.0 cm³/mol. The molecule has 0 saturated carbocycles. The maximum absolute atomic E-state index is 12.1. The van der Waals surface area contributed by atoms with Crippen LogP contribution in [-0.4, -0.2) is 36.5 Å². The number of nitrogens with one attached hydrogen (secondary N) is 1. The minimum atomic E-state index is 0.0400. The molecule has 104 valence electrons. The highest BCUT2D eigenvalue weighted by Crippen LogP contribution is 2.22. The van der Waals surface area contributed by atoms with Crippen molar-refractivity contribution in [2.75, 3.05) is 25.0 Å². The van der Waals surface area contributed by atoms with E-state index in [2.05, 4.69) is 17.1 Å². The molecule has 0 aliphatic carbocycles. The summed E-state index contributed by atoms with van der Waals surface area (Å²) in [7, 11) is 0. The predicted octanol–water partition coefficient (Wildman–Crippen LogP) is 1.60. The second-order valence-electron chi connectivity index (χ2n) is 5.46. The van der Waals surface area contributed by atoms with Gasteiger partial charge in [-0.1, -0.05) is 19.1 Å². The van der Waals surface area contributed by atoms with Gasteiger partial charge in [0.25, 0.3) is 0 Å². The number of likely N-dealkylation sites (tertiary alicyclic amines) is 1. The first-order chi connectivity index (χ1) is 9.10. The van der Waals surface area contributed by atoms with E-state index in [9.17, 15) is 4.79 Å². The number of amides is 1. The summed E-state index contributed by atoms with van der Waals surface area (Å²) < 4.78 is 0. The van der Waals surface area contributed by atoms with Gasteiger partial charge in [0, 0.05) is 18.3 Å². The Bertz CT molecular complexity index is 447. The number of hydrogen-bond donors (Lipinski definition) is 2. The zero-order chi connectivity index (χ0) is 13.8. The molecule has 1 aliphatic heterocycles. The number of hydrogen-bond acceptors (Lipinski definition) is 3. The number of aryl methyl sites for hydroxylation is 1. The average Bonchev–Trinajstić information content (AvgIpc) is 2.69. The number of carbonyl (C=O) groups excluding carboxylic acids is 1. The highest BCUT2D eigenvalue weighted by Gasteiger charge is 2.30. The second kappa shape index (κ2) is 6.17. The van der Waals surface area contributed by atoms with E-state index in [1.807, 2.05) is 31.2 Å². The van der Waals surface area contributed by atoms with E-state index in [0.717, 1.165) is 24.2 Å². The quantitative estimate of drug-likeness (QED) is 0.865. The van der Waals surface area contributed by atoms with Crippen molar-refractivity contribution in [2.24, 2.45) is 11.7 Å². The molecule has 4 nitrogen and oxygen atoms in total. The number of carbonyl (C=O) groups is 1. The van der Waals surface area contributed by atoms with Gasteiger partial charge in [-0.05, 0) is 43.5 Å². The Morgan fingerprint density at radius 1 is 1.53 bits per heavy atom. The highest BCUT2D eigenvalue weighted by molar-refractivity contribution is 5.92. The fourth-order valence-corrected chi connectivity index (χ4v) is 2.77. The third kappa shape index (κ3) is 3.55. The number of rotatable bonds is 4. The molecular formula is C15H23N3O. The Labute approximate surface area is 115 Å². The SMILES string of the molecule is Cc1cccc(NC(=O)CN2CCC(C)C2CN)c1. The fourth-order valence-electron chi connectivity index (χ4n) is 2.77. The van der Waals surface area contributed by atoms with Gasteiger partial charge >= 0.3 is 0 Å². The zero-order valence-electron chi connectivity index (χ0n) is 11.7. The minimum Gasteiger partial charge on any atom is -0.329 e. The zero-order valence-corrected chi connectivity index (χ0v) is 11.7. The Balaban J connectivity index is 1.91. The van der Waals surface area contributed by atoms with Gasteiger partial charge < -0.3 is 11.1 Å². The second-order valence-corrected chi connectivity index (χ2v) is 5.46. The molecule has 19 heavy (non-hydrogen) atoms. The monoisotopic (exact) mass is 261 g/mol. The molecule has 1 saturated heterocycles. The Morgan fingerprint density at radius 2 is 2.32 bits per heavy atom. The summed E-state index contributed by atoms with van der Waals surface area (Å²) in [5.41, 5.74) is 7.80. The molecule has 4 heteroatoms. The van der Waals surface area contributed by atoms with Gasteiger partial charge in [0.15, 0.2) is 0 Å². The van der Waals surface area contributed by atoms with Crippen LogP contribution in [0.2, 0.25) is 0 Å². The van der Waals surface area contributed by atoms with Crippen molar-refractivity contribution in [1.29, 1.82) is 0 Å². The average molecular weight is 261 g/mol. The van der Waals surface area contributed by atoms with Crippen LogP contribution < -0.4 is 11.1 Å². The van der Waals surface area contributed by atoms with Gasteiger partial charge in [-0.2, -0.15) is 0 Å². The number of anilines is 1. The van der Waals surface area contributed by atoms with Gasteiger partial charge in [-0.25, -0.2) is 0 Å². The maximum Gasteiger partial charge on any atom is 0.238 e. The molecule has 2 unspecified atom stereocenters. The summed E-state index contributed by atoms with van der Waals surface area (Å²) in [6.07, 6.45) is 1.12. The third-order valence-corrected chi connectivity index (χ3v) is 3.89. The van der Waals surface area contributed by atoms with Crippen molar-refractivity contribution in [3.63, 3.8) is 0 Å². The molecular weight excluding hydrogens is 238 g/mol. The Morgan fingerprint density at radius 3 is 3.00 bits per heavy atom. The summed E-state index contributed by atoms with van der Waals surface area (Å²) >= 11 is 0. The number of nitrogens with zero attached hydrogens (tertiary/aromatic N) is 1. The first kappa shape index (κ1) is 14.0. The summed E-state index contributed by atoms with van der Waals surface area (Å²) in [5.74, 6) is 0.620. The van der Waals surface area contributed by atoms with Crippen molar-refractivity contribution in [2.45, 2.75) is 26.3 Å². The lowest BCUT2D eigenvalue weighted by Gasteiger charge is -2.24. The van der Waals surface area contributed by atoms with Crippen molar-refractivity contribution in [3.8, 4) is 0 Å². The minimum absolute atomic E-state index is 0.0400. The fraction of sp³-hybridized carbons (Fsp3) is 0.533. The topological polar surface area (TPSA) is 58.4 Å². The first-order valence-corrected chi connectivity index (χ1v) is 6.91. The van der Waals surface area contributed by atoms with E-state index in [-0.39, 0.29) is 5.91 Å². The molecule has 1 aromatic rings. The highest BCUT2D eigenvalue weighted by atomic mass is 16.2. The molecule has 3 N–H and O–H groups in total. The lowest BCUT2D eigenvalue weighted by molar-refractivity contribution is -0.117. The van der Waals surface area contributed by atoms with Crippen LogP contribution in [0.3, 0.4) is 0 Å². The van der Waals surface area contributed by atoms with E-state index in [4.69, 9.17) is 5.73 Å². The molecule has 1 aliphatic rings. The van der Waals surface area contributed by atoms with Crippen molar-refractivity contribution < 1.29 is 4.79 Å². The molecule has 1 fully saturated rings. The number of benzene rings is 1. The lowest BCUT2D eigenvalue weighted by atomic mass is 10.0. The van der Waals surface area contributed by atoms with Crippen LogP contribution >= 0.6 is 0 Å². The van der Waals surface area contributed by atoms with E-state index in [1.54, 1.807) is 0 Å². The van der Waals surface area contributed by atoms with Gasteiger partial charge in [-0.3, -0.25) is 9.69 Å². The van der Waals surface area contributed by atoms with Crippen LogP contribution in [0.25, 0.3) is 0 Å². The van der Waals surface area contributed by atoms with E-state index >= 15 is 0 Å². The largest absolute Gasteiger partial charge is 0.329 e. The van der Waals surface area contributed by atoms with Crippen LogP contribution in [0.4, 0.5) is 5.69 Å². The van der Waals surface area contributed by atoms with Crippen LogP contribution in [-0.2, 0) is 4.79 Å². The van der Waals surface area contributed by atoms with Crippen LogP contribution in [0, 0.1) is 12.8 Å². The molecule has 2 rings (SSSR count). The van der Waals surface area contributed by atoms with Gasteiger partial charge in [0.05, 0.1) is 6.54 Å². The maximum atomic E-state index is 12.1. The first-order valence-electron chi connectivity index (χ1n) is 6.91. The molecule has 0 radical (unpaired) electrons. The molecule has 1 heterocycles. The Kier molecular flexibility index (Phi) is 4.56. The summed E-state index contributed by atoms with van der Waals surface area (Å²) in [6.45, 7) is 6.24. The van der Waals surface area contributed by atoms with Crippen molar-refractivity contribution in [3.05, 3.63) is 29.8 Å². The molecule has 0 spiro atoms. The summed E-state index contributed by atoms with van der Waals surface area (Å²) in [5, 5.41) is 2.95. The van der Waals surface area contributed by atoms with Crippen molar-refractivity contribution >= 4 is 11.6 Å². The van der Waals surface area contributed by atoms with Gasteiger partial charge in [0.1, 0.15) is 0 Å². The lowest BCUT2D eigenvalue weighted by Crippen LogP contribution is -2.42. The molecule has 0 aromatic heterocycles. The number of nitrogens with two attached hydrogens (primary N) is 1.